The Morgan fingerprint density at radius 1 is 1.47 bits per heavy atom. The van der Waals surface area contributed by atoms with Crippen molar-refractivity contribution in [2.45, 2.75) is 30.3 Å². The minimum Gasteiger partial charge on any atom is -0.376 e. The van der Waals surface area contributed by atoms with Gasteiger partial charge in [-0.2, -0.15) is 0 Å². The summed E-state index contributed by atoms with van der Waals surface area (Å²) in [6.07, 6.45) is 2.66. The van der Waals surface area contributed by atoms with Crippen molar-refractivity contribution in [3.05, 3.63) is 30.1 Å². The molecule has 19 heavy (non-hydrogen) atoms. The molecular formula is C14H18FNO2S. The zero-order valence-corrected chi connectivity index (χ0v) is 11.5. The molecule has 0 radical (unpaired) electrons. The van der Waals surface area contributed by atoms with Crippen LogP contribution in [0, 0.1) is 5.82 Å². The van der Waals surface area contributed by atoms with Gasteiger partial charge in [-0.25, -0.2) is 4.39 Å². The van der Waals surface area contributed by atoms with Crippen LogP contribution in [0.25, 0.3) is 0 Å². The summed E-state index contributed by atoms with van der Waals surface area (Å²) in [5, 5.41) is 2.85. The highest BCUT2D eigenvalue weighted by Crippen LogP contribution is 2.21. The Bertz CT molecular complexity index is 422. The molecule has 0 aliphatic carbocycles. The lowest BCUT2D eigenvalue weighted by Crippen LogP contribution is -2.31. The average Bonchev–Trinajstić information content (AvgIpc) is 2.92. The number of carbonyl (C=O) groups is 1. The molecule has 1 aliphatic heterocycles. The Morgan fingerprint density at radius 2 is 2.32 bits per heavy atom. The van der Waals surface area contributed by atoms with Crippen molar-refractivity contribution in [1.29, 1.82) is 0 Å². The smallest absolute Gasteiger partial charge is 0.220 e. The normalized spacial score (nSPS) is 18.5. The van der Waals surface area contributed by atoms with Crippen LogP contribution in [-0.4, -0.2) is 30.9 Å². The van der Waals surface area contributed by atoms with Crippen LogP contribution in [0.5, 0.6) is 0 Å². The molecule has 1 aliphatic rings. The van der Waals surface area contributed by atoms with Crippen molar-refractivity contribution >= 4 is 17.7 Å². The van der Waals surface area contributed by atoms with Crippen molar-refractivity contribution < 1.29 is 13.9 Å². The van der Waals surface area contributed by atoms with Gasteiger partial charge in [0.15, 0.2) is 0 Å². The largest absolute Gasteiger partial charge is 0.376 e. The van der Waals surface area contributed by atoms with Gasteiger partial charge < -0.3 is 10.1 Å². The molecule has 1 heterocycles. The van der Waals surface area contributed by atoms with Gasteiger partial charge in [-0.1, -0.05) is 12.1 Å². The van der Waals surface area contributed by atoms with Gasteiger partial charge in [0.05, 0.1) is 6.10 Å². The highest BCUT2D eigenvalue weighted by atomic mass is 32.2. The summed E-state index contributed by atoms with van der Waals surface area (Å²) in [6, 6.07) is 6.61. The number of nitrogens with one attached hydrogen (secondary N) is 1. The average molecular weight is 283 g/mol. The van der Waals surface area contributed by atoms with Gasteiger partial charge in [-0.05, 0) is 25.0 Å². The summed E-state index contributed by atoms with van der Waals surface area (Å²) in [7, 11) is 0. The maximum atomic E-state index is 13.3. The highest BCUT2D eigenvalue weighted by Gasteiger charge is 2.15. The van der Waals surface area contributed by atoms with E-state index in [0.717, 1.165) is 19.4 Å². The van der Waals surface area contributed by atoms with Gasteiger partial charge in [0.25, 0.3) is 0 Å². The van der Waals surface area contributed by atoms with Crippen molar-refractivity contribution in [3.8, 4) is 0 Å². The fourth-order valence-electron chi connectivity index (χ4n) is 1.94. The Morgan fingerprint density at radius 3 is 3.05 bits per heavy atom. The molecule has 0 aromatic heterocycles. The first-order chi connectivity index (χ1) is 9.25. The third-order valence-corrected chi connectivity index (χ3v) is 4.02. The third-order valence-electron chi connectivity index (χ3n) is 2.97. The van der Waals surface area contributed by atoms with E-state index in [9.17, 15) is 9.18 Å². The summed E-state index contributed by atoms with van der Waals surface area (Å²) in [5.74, 6) is 0.352. The summed E-state index contributed by atoms with van der Waals surface area (Å²) < 4.78 is 18.8. The van der Waals surface area contributed by atoms with Crippen LogP contribution >= 0.6 is 11.8 Å². The fraction of sp³-hybridized carbons (Fsp3) is 0.500. The lowest BCUT2D eigenvalue weighted by atomic mass is 10.2. The lowest BCUT2D eigenvalue weighted by Gasteiger charge is -2.10. The van der Waals surface area contributed by atoms with E-state index in [1.54, 1.807) is 18.2 Å². The molecule has 5 heteroatoms. The number of benzene rings is 1. The highest BCUT2D eigenvalue weighted by molar-refractivity contribution is 7.99. The third kappa shape index (κ3) is 4.84. The minimum absolute atomic E-state index is 0.000612. The SMILES string of the molecule is O=C(CCSc1ccccc1F)NC[C@@H]1CCCO1. The zero-order valence-electron chi connectivity index (χ0n) is 10.7. The second kappa shape index (κ2) is 7.50. The first-order valence-electron chi connectivity index (χ1n) is 6.51. The van der Waals surface area contributed by atoms with Crippen molar-refractivity contribution in [3.63, 3.8) is 0 Å². The standard InChI is InChI=1S/C14H18FNO2S/c15-12-5-1-2-6-13(12)19-9-7-14(17)16-10-11-4-3-8-18-11/h1-2,5-6,11H,3-4,7-10H2,(H,16,17)/t11-/m0/s1. The first kappa shape index (κ1) is 14.3. The van der Waals surface area contributed by atoms with E-state index < -0.39 is 0 Å². The zero-order chi connectivity index (χ0) is 13.5. The number of rotatable bonds is 6. The van der Waals surface area contributed by atoms with Gasteiger partial charge in [0.2, 0.25) is 5.91 Å². The van der Waals surface area contributed by atoms with E-state index in [1.807, 2.05) is 0 Å². The molecule has 0 unspecified atom stereocenters. The molecule has 1 N–H and O–H groups in total. The molecule has 2 rings (SSSR count). The van der Waals surface area contributed by atoms with Crippen LogP contribution < -0.4 is 5.32 Å². The molecule has 0 bridgehead atoms. The van der Waals surface area contributed by atoms with Crippen LogP contribution in [-0.2, 0) is 9.53 Å². The summed E-state index contributed by atoms with van der Waals surface area (Å²) >= 11 is 1.37. The van der Waals surface area contributed by atoms with E-state index in [-0.39, 0.29) is 17.8 Å². The Balaban J connectivity index is 1.62. The number of hydrogen-bond acceptors (Lipinski definition) is 3. The van der Waals surface area contributed by atoms with E-state index >= 15 is 0 Å². The van der Waals surface area contributed by atoms with Crippen molar-refractivity contribution in [2.24, 2.45) is 0 Å². The minimum atomic E-state index is -0.229. The number of hydrogen-bond donors (Lipinski definition) is 1. The predicted octanol–water partition coefficient (Wildman–Crippen LogP) is 2.60. The summed E-state index contributed by atoms with van der Waals surface area (Å²) in [4.78, 5) is 12.2. The summed E-state index contributed by atoms with van der Waals surface area (Å²) in [5.41, 5.74) is 0. The number of amides is 1. The Kier molecular flexibility index (Phi) is 5.66. The Hall–Kier alpha value is -1.07. The fourth-order valence-corrected chi connectivity index (χ4v) is 2.82. The van der Waals surface area contributed by atoms with Crippen molar-refractivity contribution in [2.75, 3.05) is 18.9 Å². The van der Waals surface area contributed by atoms with Crippen LogP contribution in [0.1, 0.15) is 19.3 Å². The van der Waals surface area contributed by atoms with E-state index in [2.05, 4.69) is 5.32 Å². The molecule has 104 valence electrons. The van der Waals surface area contributed by atoms with E-state index in [0.29, 0.717) is 23.6 Å². The molecule has 1 aromatic rings. The predicted molar refractivity (Wildman–Crippen MR) is 73.7 cm³/mol. The molecule has 1 aromatic carbocycles. The van der Waals surface area contributed by atoms with Crippen LogP contribution in [0.4, 0.5) is 4.39 Å². The topological polar surface area (TPSA) is 38.3 Å². The second-order valence-electron chi connectivity index (χ2n) is 4.47. The van der Waals surface area contributed by atoms with Gasteiger partial charge >= 0.3 is 0 Å². The number of carbonyl (C=O) groups excluding carboxylic acids is 1. The molecule has 1 fully saturated rings. The van der Waals surface area contributed by atoms with E-state index in [1.165, 1.54) is 17.8 Å². The molecular weight excluding hydrogens is 265 g/mol. The lowest BCUT2D eigenvalue weighted by molar-refractivity contribution is -0.121. The molecule has 0 saturated carbocycles. The van der Waals surface area contributed by atoms with Gasteiger partial charge in [0.1, 0.15) is 5.82 Å². The summed E-state index contributed by atoms with van der Waals surface area (Å²) in [6.45, 7) is 1.38. The Labute approximate surface area is 116 Å². The molecule has 1 amide bonds. The van der Waals surface area contributed by atoms with Crippen LogP contribution in [0.3, 0.4) is 0 Å². The van der Waals surface area contributed by atoms with Gasteiger partial charge in [0, 0.05) is 30.2 Å². The maximum Gasteiger partial charge on any atom is 0.220 e. The molecule has 0 spiro atoms. The number of halogens is 1. The number of ether oxygens (including phenoxy) is 1. The monoisotopic (exact) mass is 283 g/mol. The number of thioether (sulfide) groups is 1. The van der Waals surface area contributed by atoms with Crippen LogP contribution in [0.15, 0.2) is 29.2 Å². The van der Waals surface area contributed by atoms with Crippen molar-refractivity contribution in [1.82, 2.24) is 5.32 Å². The molecule has 1 saturated heterocycles. The van der Waals surface area contributed by atoms with Crippen LogP contribution in [0.2, 0.25) is 0 Å². The maximum absolute atomic E-state index is 13.3. The van der Waals surface area contributed by atoms with Gasteiger partial charge in [-0.15, -0.1) is 11.8 Å². The first-order valence-corrected chi connectivity index (χ1v) is 7.50. The van der Waals surface area contributed by atoms with E-state index in [4.69, 9.17) is 4.74 Å². The quantitative estimate of drug-likeness (QED) is 0.816. The molecule has 1 atom stereocenters. The van der Waals surface area contributed by atoms with Gasteiger partial charge in [-0.3, -0.25) is 4.79 Å². The second-order valence-corrected chi connectivity index (χ2v) is 5.60. The molecule has 3 nitrogen and oxygen atoms in total.